The molecule has 22 heavy (non-hydrogen) atoms. The first-order valence-electron chi connectivity index (χ1n) is 7.34. The minimum absolute atomic E-state index is 0.0304. The van der Waals surface area contributed by atoms with Crippen LogP contribution in [-0.4, -0.2) is 12.5 Å². The van der Waals surface area contributed by atoms with E-state index in [1.807, 2.05) is 55.5 Å². The third-order valence-electron chi connectivity index (χ3n) is 3.21. The van der Waals surface area contributed by atoms with Crippen LogP contribution in [0.15, 0.2) is 48.5 Å². The lowest BCUT2D eigenvalue weighted by Crippen LogP contribution is -2.22. The summed E-state index contributed by atoms with van der Waals surface area (Å²) in [5.41, 5.74) is 2.20. The molecule has 116 valence electrons. The van der Waals surface area contributed by atoms with Crippen LogP contribution in [0.3, 0.4) is 0 Å². The molecule has 0 aliphatic rings. The molecule has 2 aromatic rings. The van der Waals surface area contributed by atoms with Gasteiger partial charge in [0.2, 0.25) is 5.91 Å². The van der Waals surface area contributed by atoms with Gasteiger partial charge in [-0.25, -0.2) is 0 Å². The zero-order valence-corrected chi connectivity index (χ0v) is 13.4. The number of rotatable bonds is 7. The lowest BCUT2D eigenvalue weighted by atomic mass is 10.2. The zero-order valence-electron chi connectivity index (χ0n) is 12.6. The van der Waals surface area contributed by atoms with Crippen molar-refractivity contribution in [3.05, 3.63) is 64.7 Å². The second kappa shape index (κ2) is 8.44. The molecule has 0 aliphatic carbocycles. The second-order valence-corrected chi connectivity index (χ2v) is 5.61. The predicted molar refractivity (Wildman–Crippen MR) is 89.2 cm³/mol. The first kappa shape index (κ1) is 16.4. The van der Waals surface area contributed by atoms with Crippen molar-refractivity contribution >= 4 is 17.5 Å². The largest absolute Gasteiger partial charge is 0.494 e. The van der Waals surface area contributed by atoms with E-state index in [0.717, 1.165) is 11.3 Å². The van der Waals surface area contributed by atoms with E-state index in [4.69, 9.17) is 16.3 Å². The van der Waals surface area contributed by atoms with Crippen LogP contribution in [0.2, 0.25) is 5.02 Å². The molecule has 0 unspecified atom stereocenters. The number of benzene rings is 2. The van der Waals surface area contributed by atoms with E-state index in [-0.39, 0.29) is 5.91 Å². The monoisotopic (exact) mass is 317 g/mol. The molecule has 2 aromatic carbocycles. The standard InChI is InChI=1S/C18H20ClNO2/c1-14-4-2-5-17(12-14)22-11-3-6-18(21)20-13-15-7-9-16(19)10-8-15/h2,4-5,7-10,12H,3,6,11,13H2,1H3,(H,20,21). The molecular formula is C18H20ClNO2. The Bertz CT molecular complexity index is 611. The first-order chi connectivity index (χ1) is 10.6. The van der Waals surface area contributed by atoms with Gasteiger partial charge < -0.3 is 10.1 Å². The predicted octanol–water partition coefficient (Wildman–Crippen LogP) is 4.12. The molecule has 0 saturated carbocycles. The van der Waals surface area contributed by atoms with E-state index in [9.17, 15) is 4.79 Å². The highest BCUT2D eigenvalue weighted by molar-refractivity contribution is 6.30. The molecule has 0 heterocycles. The van der Waals surface area contributed by atoms with Crippen LogP contribution in [0.25, 0.3) is 0 Å². The fourth-order valence-electron chi connectivity index (χ4n) is 2.02. The van der Waals surface area contributed by atoms with Crippen molar-refractivity contribution in [2.75, 3.05) is 6.61 Å². The summed E-state index contributed by atoms with van der Waals surface area (Å²) in [7, 11) is 0. The molecule has 0 aromatic heterocycles. The van der Waals surface area contributed by atoms with Gasteiger partial charge in [0, 0.05) is 18.0 Å². The summed E-state index contributed by atoms with van der Waals surface area (Å²) in [6.07, 6.45) is 1.15. The molecule has 3 nitrogen and oxygen atoms in total. The molecule has 0 atom stereocenters. The molecule has 0 spiro atoms. The van der Waals surface area contributed by atoms with Gasteiger partial charge in [-0.15, -0.1) is 0 Å². The average Bonchev–Trinajstić information content (AvgIpc) is 2.51. The quantitative estimate of drug-likeness (QED) is 0.780. The van der Waals surface area contributed by atoms with Crippen molar-refractivity contribution in [3.8, 4) is 5.75 Å². The molecule has 1 amide bonds. The van der Waals surface area contributed by atoms with Crippen molar-refractivity contribution in [2.24, 2.45) is 0 Å². The highest BCUT2D eigenvalue weighted by atomic mass is 35.5. The van der Waals surface area contributed by atoms with Crippen molar-refractivity contribution in [2.45, 2.75) is 26.3 Å². The SMILES string of the molecule is Cc1cccc(OCCCC(=O)NCc2ccc(Cl)cc2)c1. The first-order valence-corrected chi connectivity index (χ1v) is 7.72. The van der Waals surface area contributed by atoms with Crippen LogP contribution in [0.4, 0.5) is 0 Å². The van der Waals surface area contributed by atoms with Crippen molar-refractivity contribution in [1.29, 1.82) is 0 Å². The number of halogens is 1. The van der Waals surface area contributed by atoms with E-state index in [1.54, 1.807) is 0 Å². The average molecular weight is 318 g/mol. The van der Waals surface area contributed by atoms with Gasteiger partial charge in [-0.2, -0.15) is 0 Å². The van der Waals surface area contributed by atoms with Gasteiger partial charge in [-0.1, -0.05) is 35.9 Å². The summed E-state index contributed by atoms with van der Waals surface area (Å²) < 4.78 is 5.62. The maximum atomic E-state index is 11.8. The molecule has 2 rings (SSSR count). The Kier molecular flexibility index (Phi) is 6.28. The number of aryl methyl sites for hydroxylation is 1. The van der Waals surface area contributed by atoms with Crippen molar-refractivity contribution < 1.29 is 9.53 Å². The molecule has 0 saturated heterocycles. The number of carbonyl (C=O) groups excluding carboxylic acids is 1. The van der Waals surface area contributed by atoms with E-state index < -0.39 is 0 Å². The van der Waals surface area contributed by atoms with E-state index >= 15 is 0 Å². The summed E-state index contributed by atoms with van der Waals surface area (Å²) in [6, 6.07) is 15.3. The number of carbonyl (C=O) groups is 1. The number of ether oxygens (including phenoxy) is 1. The highest BCUT2D eigenvalue weighted by Gasteiger charge is 2.02. The van der Waals surface area contributed by atoms with E-state index in [1.165, 1.54) is 5.56 Å². The van der Waals surface area contributed by atoms with Crippen LogP contribution in [-0.2, 0) is 11.3 Å². The molecular weight excluding hydrogens is 298 g/mol. The van der Waals surface area contributed by atoms with E-state index in [0.29, 0.717) is 31.0 Å². The highest BCUT2D eigenvalue weighted by Crippen LogP contribution is 2.13. The topological polar surface area (TPSA) is 38.3 Å². The van der Waals surface area contributed by atoms with Gasteiger partial charge >= 0.3 is 0 Å². The lowest BCUT2D eigenvalue weighted by molar-refractivity contribution is -0.121. The number of amides is 1. The Balaban J connectivity index is 1.62. The second-order valence-electron chi connectivity index (χ2n) is 5.17. The molecule has 0 radical (unpaired) electrons. The third-order valence-corrected chi connectivity index (χ3v) is 3.46. The molecule has 0 bridgehead atoms. The zero-order chi connectivity index (χ0) is 15.8. The summed E-state index contributed by atoms with van der Waals surface area (Å²) >= 11 is 5.82. The van der Waals surface area contributed by atoms with Gasteiger partial charge in [0.15, 0.2) is 0 Å². The Labute approximate surface area is 136 Å². The number of nitrogens with one attached hydrogen (secondary N) is 1. The van der Waals surface area contributed by atoms with Gasteiger partial charge in [0.1, 0.15) is 5.75 Å². The van der Waals surface area contributed by atoms with Crippen molar-refractivity contribution in [1.82, 2.24) is 5.32 Å². The van der Waals surface area contributed by atoms with Gasteiger partial charge in [0.05, 0.1) is 6.61 Å². The summed E-state index contributed by atoms with van der Waals surface area (Å²) in [5, 5.41) is 3.59. The maximum Gasteiger partial charge on any atom is 0.220 e. The maximum absolute atomic E-state index is 11.8. The van der Waals surface area contributed by atoms with Gasteiger partial charge in [0.25, 0.3) is 0 Å². The normalized spacial score (nSPS) is 10.3. The van der Waals surface area contributed by atoms with Gasteiger partial charge in [-0.3, -0.25) is 4.79 Å². The number of hydrogen-bond donors (Lipinski definition) is 1. The fraction of sp³-hybridized carbons (Fsp3) is 0.278. The Morgan fingerprint density at radius 3 is 2.68 bits per heavy atom. The lowest BCUT2D eigenvalue weighted by Gasteiger charge is -2.08. The van der Waals surface area contributed by atoms with Crippen molar-refractivity contribution in [3.63, 3.8) is 0 Å². The van der Waals surface area contributed by atoms with Crippen LogP contribution in [0.5, 0.6) is 5.75 Å². The minimum Gasteiger partial charge on any atom is -0.494 e. The molecule has 1 N–H and O–H groups in total. The third kappa shape index (κ3) is 5.78. The van der Waals surface area contributed by atoms with Crippen LogP contribution in [0.1, 0.15) is 24.0 Å². The molecule has 0 aliphatic heterocycles. The van der Waals surface area contributed by atoms with Gasteiger partial charge in [-0.05, 0) is 48.7 Å². The minimum atomic E-state index is 0.0304. The number of hydrogen-bond acceptors (Lipinski definition) is 2. The van der Waals surface area contributed by atoms with E-state index in [2.05, 4.69) is 5.32 Å². The Morgan fingerprint density at radius 2 is 1.95 bits per heavy atom. The van der Waals surface area contributed by atoms with Crippen LogP contribution < -0.4 is 10.1 Å². The fourth-order valence-corrected chi connectivity index (χ4v) is 2.15. The Morgan fingerprint density at radius 1 is 1.18 bits per heavy atom. The summed E-state index contributed by atoms with van der Waals surface area (Å²) in [5.74, 6) is 0.879. The van der Waals surface area contributed by atoms with Crippen LogP contribution >= 0.6 is 11.6 Å². The smallest absolute Gasteiger partial charge is 0.220 e. The van der Waals surface area contributed by atoms with Crippen LogP contribution in [0, 0.1) is 6.92 Å². The summed E-state index contributed by atoms with van der Waals surface area (Å²) in [4.78, 5) is 11.8. The summed E-state index contributed by atoms with van der Waals surface area (Å²) in [6.45, 7) is 3.09. The molecule has 0 fully saturated rings. The Hall–Kier alpha value is -2.00. The molecule has 4 heteroatoms.